The Balaban J connectivity index is 1.53. The smallest absolute Gasteiger partial charge is 0.316 e. The average Bonchev–Trinajstić information content (AvgIpc) is 3.31. The number of anilines is 1. The van der Waals surface area contributed by atoms with E-state index in [0.717, 1.165) is 27.6 Å². The van der Waals surface area contributed by atoms with Crippen molar-refractivity contribution in [3.63, 3.8) is 0 Å². The molecule has 0 aliphatic heterocycles. The van der Waals surface area contributed by atoms with Gasteiger partial charge in [-0.15, -0.1) is 5.10 Å². The van der Waals surface area contributed by atoms with E-state index in [1.165, 1.54) is 12.1 Å². The molecule has 0 fully saturated rings. The van der Waals surface area contributed by atoms with Gasteiger partial charge in [0.25, 0.3) is 0 Å². The highest BCUT2D eigenvalue weighted by atomic mass is 19.1. The van der Waals surface area contributed by atoms with Gasteiger partial charge in [0.15, 0.2) is 5.65 Å². The Kier molecular flexibility index (Phi) is 5.35. The second-order valence-corrected chi connectivity index (χ2v) is 7.77. The summed E-state index contributed by atoms with van der Waals surface area (Å²) >= 11 is 0. The molecule has 0 saturated heterocycles. The van der Waals surface area contributed by atoms with Crippen molar-refractivity contribution in [2.45, 2.75) is 20.0 Å². The van der Waals surface area contributed by atoms with Crippen molar-refractivity contribution in [3.05, 3.63) is 95.6 Å². The molecule has 164 valence electrons. The molecule has 5 rings (SSSR count). The van der Waals surface area contributed by atoms with Crippen molar-refractivity contribution >= 4 is 28.3 Å². The molecule has 8 nitrogen and oxygen atoms in total. The van der Waals surface area contributed by atoms with E-state index >= 15 is 0 Å². The molecule has 0 spiro atoms. The molecule has 2 aromatic carbocycles. The Labute approximate surface area is 188 Å². The first-order valence-electron chi connectivity index (χ1n) is 10.4. The number of hydrogen-bond acceptors (Lipinski definition) is 5. The Morgan fingerprint density at radius 2 is 1.97 bits per heavy atom. The summed E-state index contributed by atoms with van der Waals surface area (Å²) in [5.74, 6) is -0.502. The highest BCUT2D eigenvalue weighted by Crippen LogP contribution is 2.23. The number of pyridine rings is 2. The van der Waals surface area contributed by atoms with Crippen molar-refractivity contribution in [1.82, 2.24) is 29.9 Å². The van der Waals surface area contributed by atoms with Gasteiger partial charge in [0, 0.05) is 29.9 Å². The van der Waals surface area contributed by atoms with Crippen molar-refractivity contribution in [2.24, 2.45) is 0 Å². The zero-order valence-electron chi connectivity index (χ0n) is 17.8. The van der Waals surface area contributed by atoms with Gasteiger partial charge in [-0.1, -0.05) is 29.8 Å². The van der Waals surface area contributed by atoms with Gasteiger partial charge in [-0.2, -0.15) is 4.52 Å². The fourth-order valence-electron chi connectivity index (χ4n) is 3.77. The van der Waals surface area contributed by atoms with E-state index in [1.54, 1.807) is 33.9 Å². The van der Waals surface area contributed by atoms with Crippen LogP contribution in [0.3, 0.4) is 0 Å². The molecule has 3 aromatic heterocycles. The summed E-state index contributed by atoms with van der Waals surface area (Å²) in [5, 5.41) is 15.8. The Bertz CT molecular complexity index is 1450. The quantitative estimate of drug-likeness (QED) is 0.438. The fourth-order valence-corrected chi connectivity index (χ4v) is 3.77. The van der Waals surface area contributed by atoms with E-state index in [0.29, 0.717) is 5.65 Å². The van der Waals surface area contributed by atoms with E-state index in [1.807, 2.05) is 43.3 Å². The lowest BCUT2D eigenvalue weighted by atomic mass is 10.1. The molecule has 0 bridgehead atoms. The molecule has 0 atom stereocenters. The number of carbonyl (C=O) groups is 1. The van der Waals surface area contributed by atoms with Crippen molar-refractivity contribution in [1.29, 1.82) is 0 Å². The minimum atomic E-state index is -0.502. The average molecular weight is 441 g/mol. The number of aryl methyl sites for hydroxylation is 1. The minimum Gasteiger partial charge on any atom is -0.316 e. The Morgan fingerprint density at radius 1 is 1.09 bits per heavy atom. The zero-order valence-corrected chi connectivity index (χ0v) is 17.8. The summed E-state index contributed by atoms with van der Waals surface area (Å²) in [7, 11) is 0. The van der Waals surface area contributed by atoms with Gasteiger partial charge >= 0.3 is 6.03 Å². The Hall–Kier alpha value is -4.40. The number of para-hydroxylation sites is 1. The largest absolute Gasteiger partial charge is 0.322 e. The SMILES string of the molecule is Cc1ccc2c(c1)cc(CN(Cc1cccnc1)C(=O)Nc1ccccc1F)c1nnnn12. The lowest BCUT2D eigenvalue weighted by Gasteiger charge is -2.24. The maximum absolute atomic E-state index is 14.2. The third kappa shape index (κ3) is 4.20. The normalized spacial score (nSPS) is 11.1. The van der Waals surface area contributed by atoms with Crippen LogP contribution in [0.5, 0.6) is 0 Å². The topological polar surface area (TPSA) is 88.3 Å². The molecule has 0 radical (unpaired) electrons. The van der Waals surface area contributed by atoms with Crippen LogP contribution in [0.15, 0.2) is 73.1 Å². The molecule has 2 amide bonds. The predicted octanol–water partition coefficient (Wildman–Crippen LogP) is 4.35. The number of nitrogens with zero attached hydrogens (tertiary/aromatic N) is 6. The van der Waals surface area contributed by atoms with Crippen molar-refractivity contribution in [3.8, 4) is 0 Å². The van der Waals surface area contributed by atoms with E-state index in [-0.39, 0.29) is 18.8 Å². The van der Waals surface area contributed by atoms with Crippen LogP contribution in [-0.4, -0.2) is 36.0 Å². The second-order valence-electron chi connectivity index (χ2n) is 7.77. The van der Waals surface area contributed by atoms with Crippen LogP contribution in [0.25, 0.3) is 16.6 Å². The molecular formula is C24H20FN7O. The van der Waals surface area contributed by atoms with Crippen molar-refractivity contribution < 1.29 is 9.18 Å². The van der Waals surface area contributed by atoms with Crippen LogP contribution in [0, 0.1) is 12.7 Å². The molecule has 0 aliphatic rings. The lowest BCUT2D eigenvalue weighted by Crippen LogP contribution is -2.34. The minimum absolute atomic E-state index is 0.113. The fraction of sp³-hybridized carbons (Fsp3) is 0.125. The van der Waals surface area contributed by atoms with Crippen LogP contribution in [0.1, 0.15) is 16.7 Å². The first-order chi connectivity index (χ1) is 16.1. The van der Waals surface area contributed by atoms with Gasteiger partial charge in [-0.3, -0.25) is 4.98 Å². The van der Waals surface area contributed by atoms with Gasteiger partial charge in [0.1, 0.15) is 5.82 Å². The summed E-state index contributed by atoms with van der Waals surface area (Å²) in [5.41, 5.74) is 4.26. The molecule has 9 heteroatoms. The Morgan fingerprint density at radius 3 is 2.79 bits per heavy atom. The molecule has 33 heavy (non-hydrogen) atoms. The molecule has 0 aliphatic carbocycles. The molecule has 0 unspecified atom stereocenters. The van der Waals surface area contributed by atoms with Crippen LogP contribution in [0.4, 0.5) is 14.9 Å². The first kappa shape index (κ1) is 20.5. The van der Waals surface area contributed by atoms with Crippen molar-refractivity contribution in [2.75, 3.05) is 5.32 Å². The third-order valence-electron chi connectivity index (χ3n) is 5.36. The lowest BCUT2D eigenvalue weighted by molar-refractivity contribution is 0.206. The standard InChI is InChI=1S/C24H20FN7O/c1-16-8-9-22-18(11-16)12-19(23-28-29-30-32(22)23)15-31(14-17-5-4-10-26-13-17)24(33)27-21-7-3-2-6-20(21)25/h2-13H,14-15H2,1H3,(H,27,33). The summed E-state index contributed by atoms with van der Waals surface area (Å²) in [6, 6.07) is 17.3. The van der Waals surface area contributed by atoms with Crippen LogP contribution in [-0.2, 0) is 13.1 Å². The van der Waals surface area contributed by atoms with Gasteiger partial charge < -0.3 is 10.2 Å². The summed E-state index contributed by atoms with van der Waals surface area (Å²) < 4.78 is 15.8. The molecule has 5 aromatic rings. The van der Waals surface area contributed by atoms with E-state index in [2.05, 4.69) is 25.8 Å². The van der Waals surface area contributed by atoms with Gasteiger partial charge in [-0.25, -0.2) is 9.18 Å². The molecule has 0 saturated carbocycles. The van der Waals surface area contributed by atoms with Gasteiger partial charge in [-0.05, 0) is 59.3 Å². The number of urea groups is 1. The summed E-state index contributed by atoms with van der Waals surface area (Å²) in [6.45, 7) is 2.50. The third-order valence-corrected chi connectivity index (χ3v) is 5.36. The number of fused-ring (bicyclic) bond motifs is 3. The van der Waals surface area contributed by atoms with E-state index < -0.39 is 11.8 Å². The predicted molar refractivity (Wildman–Crippen MR) is 122 cm³/mol. The first-order valence-corrected chi connectivity index (χ1v) is 10.4. The van der Waals surface area contributed by atoms with E-state index in [4.69, 9.17) is 0 Å². The number of amides is 2. The van der Waals surface area contributed by atoms with Crippen LogP contribution in [0.2, 0.25) is 0 Å². The highest BCUT2D eigenvalue weighted by molar-refractivity contribution is 5.90. The molecule has 1 N–H and O–H groups in total. The number of hydrogen-bond donors (Lipinski definition) is 1. The summed E-state index contributed by atoms with van der Waals surface area (Å²) in [6.07, 6.45) is 3.37. The molecule has 3 heterocycles. The van der Waals surface area contributed by atoms with Gasteiger partial charge in [0.05, 0.1) is 17.7 Å². The maximum Gasteiger partial charge on any atom is 0.322 e. The van der Waals surface area contributed by atoms with Crippen LogP contribution < -0.4 is 5.32 Å². The number of rotatable bonds is 5. The monoisotopic (exact) mass is 441 g/mol. The second kappa shape index (κ2) is 8.62. The maximum atomic E-state index is 14.2. The zero-order chi connectivity index (χ0) is 22.8. The molecular weight excluding hydrogens is 421 g/mol. The number of benzene rings is 2. The number of aromatic nitrogens is 5. The number of nitrogens with one attached hydrogen (secondary N) is 1. The number of tetrazole rings is 1. The van der Waals surface area contributed by atoms with E-state index in [9.17, 15) is 9.18 Å². The summed E-state index contributed by atoms with van der Waals surface area (Å²) in [4.78, 5) is 19.0. The van der Waals surface area contributed by atoms with Crippen LogP contribution >= 0.6 is 0 Å². The number of carbonyl (C=O) groups excluding carboxylic acids is 1. The highest BCUT2D eigenvalue weighted by Gasteiger charge is 2.20. The number of halogens is 1. The van der Waals surface area contributed by atoms with Gasteiger partial charge in [0.2, 0.25) is 0 Å².